The number of benzene rings is 1. The van der Waals surface area contributed by atoms with E-state index in [1.54, 1.807) is 14.2 Å². The summed E-state index contributed by atoms with van der Waals surface area (Å²) in [6, 6.07) is 5.52. The van der Waals surface area contributed by atoms with E-state index >= 15 is 0 Å². The van der Waals surface area contributed by atoms with Gasteiger partial charge in [-0.05, 0) is 30.5 Å². The number of halogens is 1. The molecule has 0 aliphatic rings. The summed E-state index contributed by atoms with van der Waals surface area (Å²) in [5.41, 5.74) is 0.910. The van der Waals surface area contributed by atoms with Gasteiger partial charge in [0, 0.05) is 12.4 Å². The van der Waals surface area contributed by atoms with Crippen molar-refractivity contribution in [3.05, 3.63) is 23.8 Å². The number of carbonyl (C=O) groups excluding carboxylic acids is 1. The molecule has 1 aromatic rings. The standard InChI is InChI=1S/C16H24ClNO3/c1-20-14-8-7-13(11-15(14)21-2)12-16(19)18-10-6-4-3-5-9-17/h7-8,11H,3-6,9-10,12H2,1-2H3,(H,18,19). The van der Waals surface area contributed by atoms with E-state index in [0.717, 1.165) is 31.2 Å². The first kappa shape index (κ1) is 17.6. The van der Waals surface area contributed by atoms with Gasteiger partial charge in [-0.2, -0.15) is 0 Å². The smallest absolute Gasteiger partial charge is 0.224 e. The van der Waals surface area contributed by atoms with Crippen LogP contribution < -0.4 is 14.8 Å². The Morgan fingerprint density at radius 1 is 1.10 bits per heavy atom. The topological polar surface area (TPSA) is 47.6 Å². The molecule has 0 unspecified atom stereocenters. The van der Waals surface area contributed by atoms with Gasteiger partial charge in [-0.3, -0.25) is 4.79 Å². The molecular formula is C16H24ClNO3. The maximum Gasteiger partial charge on any atom is 0.224 e. The average Bonchev–Trinajstić information content (AvgIpc) is 2.50. The number of hydrogen-bond acceptors (Lipinski definition) is 3. The number of amides is 1. The van der Waals surface area contributed by atoms with Gasteiger partial charge < -0.3 is 14.8 Å². The third-order valence-corrected chi connectivity index (χ3v) is 3.46. The van der Waals surface area contributed by atoms with Crippen LogP contribution in [0.1, 0.15) is 31.2 Å². The highest BCUT2D eigenvalue weighted by molar-refractivity contribution is 6.17. The van der Waals surface area contributed by atoms with Crippen LogP contribution in [0.3, 0.4) is 0 Å². The summed E-state index contributed by atoms with van der Waals surface area (Å²) in [6.07, 6.45) is 4.61. The predicted octanol–water partition coefficient (Wildman–Crippen LogP) is 3.16. The molecule has 0 heterocycles. The van der Waals surface area contributed by atoms with Crippen molar-refractivity contribution in [1.82, 2.24) is 5.32 Å². The molecule has 0 saturated heterocycles. The van der Waals surface area contributed by atoms with Crippen LogP contribution in [-0.2, 0) is 11.2 Å². The highest BCUT2D eigenvalue weighted by Gasteiger charge is 2.07. The van der Waals surface area contributed by atoms with E-state index in [0.29, 0.717) is 30.3 Å². The third-order valence-electron chi connectivity index (χ3n) is 3.20. The summed E-state index contributed by atoms with van der Waals surface area (Å²) in [7, 11) is 3.18. The van der Waals surface area contributed by atoms with E-state index in [-0.39, 0.29) is 5.91 Å². The summed E-state index contributed by atoms with van der Waals surface area (Å²) < 4.78 is 10.4. The Morgan fingerprint density at radius 3 is 2.48 bits per heavy atom. The average molecular weight is 314 g/mol. The number of nitrogens with one attached hydrogen (secondary N) is 1. The minimum absolute atomic E-state index is 0.0274. The molecule has 0 bridgehead atoms. The van der Waals surface area contributed by atoms with Crippen molar-refractivity contribution in [3.63, 3.8) is 0 Å². The Morgan fingerprint density at radius 2 is 1.81 bits per heavy atom. The second-order valence-electron chi connectivity index (χ2n) is 4.82. The summed E-state index contributed by atoms with van der Waals surface area (Å²) in [4.78, 5) is 11.9. The molecule has 0 radical (unpaired) electrons. The molecule has 0 aromatic heterocycles. The molecule has 5 heteroatoms. The lowest BCUT2D eigenvalue weighted by atomic mass is 10.1. The number of hydrogen-bond donors (Lipinski definition) is 1. The summed E-state index contributed by atoms with van der Waals surface area (Å²) in [5.74, 6) is 2.05. The van der Waals surface area contributed by atoms with Crippen LogP contribution in [0.25, 0.3) is 0 Å². The largest absolute Gasteiger partial charge is 0.493 e. The third kappa shape index (κ3) is 6.71. The molecule has 1 aromatic carbocycles. The quantitative estimate of drug-likeness (QED) is 0.533. The van der Waals surface area contributed by atoms with E-state index in [2.05, 4.69) is 5.32 Å². The monoisotopic (exact) mass is 313 g/mol. The molecule has 0 saturated carbocycles. The maximum atomic E-state index is 11.9. The maximum absolute atomic E-state index is 11.9. The van der Waals surface area contributed by atoms with Crippen molar-refractivity contribution < 1.29 is 14.3 Å². The molecule has 0 fully saturated rings. The molecule has 0 spiro atoms. The zero-order valence-electron chi connectivity index (χ0n) is 12.8. The Balaban J connectivity index is 2.34. The van der Waals surface area contributed by atoms with Gasteiger partial charge in [-0.15, -0.1) is 11.6 Å². The number of alkyl halides is 1. The summed E-state index contributed by atoms with van der Waals surface area (Å²) in [5, 5.41) is 2.93. The van der Waals surface area contributed by atoms with Gasteiger partial charge in [0.15, 0.2) is 11.5 Å². The highest BCUT2D eigenvalue weighted by Crippen LogP contribution is 2.27. The lowest BCUT2D eigenvalue weighted by molar-refractivity contribution is -0.120. The molecule has 1 N–H and O–H groups in total. The van der Waals surface area contributed by atoms with Crippen LogP contribution in [0.5, 0.6) is 11.5 Å². The Hall–Kier alpha value is -1.42. The van der Waals surface area contributed by atoms with E-state index < -0.39 is 0 Å². The summed E-state index contributed by atoms with van der Waals surface area (Å²) >= 11 is 5.61. The fourth-order valence-corrected chi connectivity index (χ4v) is 2.23. The number of ether oxygens (including phenoxy) is 2. The van der Waals surface area contributed by atoms with Crippen LogP contribution in [0.4, 0.5) is 0 Å². The van der Waals surface area contributed by atoms with Gasteiger partial charge in [0.05, 0.1) is 20.6 Å². The Bertz CT molecular complexity index is 438. The van der Waals surface area contributed by atoms with Crippen LogP contribution in [0.15, 0.2) is 18.2 Å². The normalized spacial score (nSPS) is 10.2. The zero-order chi connectivity index (χ0) is 15.5. The fourth-order valence-electron chi connectivity index (χ4n) is 2.04. The zero-order valence-corrected chi connectivity index (χ0v) is 13.5. The van der Waals surface area contributed by atoms with Gasteiger partial charge in [0.1, 0.15) is 0 Å². The molecule has 0 atom stereocenters. The predicted molar refractivity (Wildman–Crippen MR) is 85.4 cm³/mol. The Kier molecular flexibility index (Phi) is 8.67. The van der Waals surface area contributed by atoms with E-state index in [9.17, 15) is 4.79 Å². The summed E-state index contributed by atoms with van der Waals surface area (Å²) in [6.45, 7) is 0.717. The first-order chi connectivity index (χ1) is 10.2. The van der Waals surface area contributed by atoms with Crippen molar-refractivity contribution in [3.8, 4) is 11.5 Å². The molecular weight excluding hydrogens is 290 g/mol. The SMILES string of the molecule is COc1ccc(CC(=O)NCCCCCCCl)cc1OC. The molecule has 4 nitrogen and oxygen atoms in total. The molecule has 1 rings (SSSR count). The van der Waals surface area contributed by atoms with Crippen LogP contribution >= 0.6 is 11.6 Å². The van der Waals surface area contributed by atoms with Gasteiger partial charge >= 0.3 is 0 Å². The van der Waals surface area contributed by atoms with Gasteiger partial charge in [0.2, 0.25) is 5.91 Å². The molecule has 1 amide bonds. The van der Waals surface area contributed by atoms with Crippen LogP contribution in [0, 0.1) is 0 Å². The molecule has 118 valence electrons. The van der Waals surface area contributed by atoms with Crippen molar-refractivity contribution >= 4 is 17.5 Å². The number of rotatable bonds is 10. The minimum Gasteiger partial charge on any atom is -0.493 e. The molecule has 21 heavy (non-hydrogen) atoms. The highest BCUT2D eigenvalue weighted by atomic mass is 35.5. The number of carbonyl (C=O) groups is 1. The van der Waals surface area contributed by atoms with E-state index in [4.69, 9.17) is 21.1 Å². The van der Waals surface area contributed by atoms with Gasteiger partial charge in [0.25, 0.3) is 0 Å². The fraction of sp³-hybridized carbons (Fsp3) is 0.562. The minimum atomic E-state index is 0.0274. The van der Waals surface area contributed by atoms with Crippen molar-refractivity contribution in [2.24, 2.45) is 0 Å². The lowest BCUT2D eigenvalue weighted by Gasteiger charge is -2.10. The van der Waals surface area contributed by atoms with Crippen LogP contribution in [-0.4, -0.2) is 32.6 Å². The number of methoxy groups -OCH3 is 2. The van der Waals surface area contributed by atoms with Crippen molar-refractivity contribution in [2.75, 3.05) is 26.6 Å². The Labute approximate surface area is 131 Å². The lowest BCUT2D eigenvalue weighted by Crippen LogP contribution is -2.26. The first-order valence-electron chi connectivity index (χ1n) is 7.24. The van der Waals surface area contributed by atoms with Gasteiger partial charge in [-0.25, -0.2) is 0 Å². The number of unbranched alkanes of at least 4 members (excludes halogenated alkanes) is 3. The first-order valence-corrected chi connectivity index (χ1v) is 7.78. The van der Waals surface area contributed by atoms with Crippen molar-refractivity contribution in [1.29, 1.82) is 0 Å². The van der Waals surface area contributed by atoms with Crippen LogP contribution in [0.2, 0.25) is 0 Å². The van der Waals surface area contributed by atoms with E-state index in [1.807, 2.05) is 18.2 Å². The molecule has 0 aliphatic carbocycles. The van der Waals surface area contributed by atoms with Gasteiger partial charge in [-0.1, -0.05) is 18.9 Å². The molecule has 0 aliphatic heterocycles. The van der Waals surface area contributed by atoms with E-state index in [1.165, 1.54) is 0 Å². The second-order valence-corrected chi connectivity index (χ2v) is 5.20. The second kappa shape index (κ2) is 10.3. The van der Waals surface area contributed by atoms with Crippen molar-refractivity contribution in [2.45, 2.75) is 32.1 Å².